The first-order chi connectivity index (χ1) is 14.7. The van der Waals surface area contributed by atoms with Crippen molar-refractivity contribution in [2.75, 3.05) is 33.2 Å². The van der Waals surface area contributed by atoms with E-state index >= 15 is 0 Å². The molecular formula is C26H26ClN3. The van der Waals surface area contributed by atoms with Gasteiger partial charge in [-0.25, -0.2) is 0 Å². The molecule has 0 N–H and O–H groups in total. The molecule has 2 heterocycles. The molecule has 1 aliphatic carbocycles. The lowest BCUT2D eigenvalue weighted by Gasteiger charge is -2.32. The van der Waals surface area contributed by atoms with Crippen LogP contribution in [0.15, 0.2) is 66.9 Å². The molecule has 1 fully saturated rings. The van der Waals surface area contributed by atoms with Crippen LogP contribution in [-0.4, -0.2) is 48.0 Å². The van der Waals surface area contributed by atoms with E-state index < -0.39 is 0 Å². The molecule has 0 atom stereocenters. The third kappa shape index (κ3) is 4.06. The molecule has 0 radical (unpaired) electrons. The van der Waals surface area contributed by atoms with Crippen LogP contribution in [0.3, 0.4) is 0 Å². The van der Waals surface area contributed by atoms with Gasteiger partial charge in [-0.3, -0.25) is 9.88 Å². The van der Waals surface area contributed by atoms with E-state index in [1.807, 2.05) is 24.4 Å². The molecule has 1 aliphatic heterocycles. The Kier molecular flexibility index (Phi) is 5.43. The topological polar surface area (TPSA) is 19.4 Å². The standard InChI is InChI=1S/C26H26ClN3/c1-29-11-13-30(14-12-29)18-19-5-7-20(8-6-19)22-16-25-24(9-10-26(25)28-17-22)21-3-2-4-23(27)15-21/h2-9,15-17H,10-14,18H2,1H3. The lowest BCUT2D eigenvalue weighted by atomic mass is 9.97. The number of hydrogen-bond acceptors (Lipinski definition) is 3. The lowest BCUT2D eigenvalue weighted by Crippen LogP contribution is -2.43. The van der Waals surface area contributed by atoms with E-state index in [2.05, 4.69) is 59.3 Å². The van der Waals surface area contributed by atoms with Gasteiger partial charge < -0.3 is 4.90 Å². The fraction of sp³-hybridized carbons (Fsp3) is 0.269. The minimum absolute atomic E-state index is 0.766. The molecule has 152 valence electrons. The number of aromatic nitrogens is 1. The third-order valence-electron chi connectivity index (χ3n) is 6.18. The monoisotopic (exact) mass is 415 g/mol. The smallest absolute Gasteiger partial charge is 0.0520 e. The molecular weight excluding hydrogens is 390 g/mol. The molecule has 5 rings (SSSR count). The van der Waals surface area contributed by atoms with Gasteiger partial charge in [0.2, 0.25) is 0 Å². The minimum atomic E-state index is 0.766. The number of hydrogen-bond donors (Lipinski definition) is 0. The summed E-state index contributed by atoms with van der Waals surface area (Å²) in [5.41, 5.74) is 8.49. The highest BCUT2D eigenvalue weighted by atomic mass is 35.5. The fourth-order valence-electron chi connectivity index (χ4n) is 4.35. The molecule has 1 aromatic heterocycles. The highest BCUT2D eigenvalue weighted by Crippen LogP contribution is 2.35. The predicted molar refractivity (Wildman–Crippen MR) is 125 cm³/mol. The Balaban J connectivity index is 1.36. The Morgan fingerprint density at radius 3 is 2.47 bits per heavy atom. The summed E-state index contributed by atoms with van der Waals surface area (Å²) in [4.78, 5) is 9.69. The highest BCUT2D eigenvalue weighted by molar-refractivity contribution is 6.30. The van der Waals surface area contributed by atoms with Gasteiger partial charge in [0, 0.05) is 61.5 Å². The molecule has 2 aliphatic rings. The van der Waals surface area contributed by atoms with Gasteiger partial charge in [0.05, 0.1) is 5.69 Å². The predicted octanol–water partition coefficient (Wildman–Crippen LogP) is 5.14. The number of nitrogens with zero attached hydrogens (tertiary/aromatic N) is 3. The first kappa shape index (κ1) is 19.5. The van der Waals surface area contributed by atoms with Crippen LogP contribution in [0, 0.1) is 0 Å². The number of benzene rings is 2. The Morgan fingerprint density at radius 2 is 1.70 bits per heavy atom. The van der Waals surface area contributed by atoms with E-state index in [0.29, 0.717) is 0 Å². The maximum absolute atomic E-state index is 6.22. The van der Waals surface area contributed by atoms with Crippen molar-refractivity contribution in [3.05, 3.63) is 94.3 Å². The van der Waals surface area contributed by atoms with Gasteiger partial charge >= 0.3 is 0 Å². The maximum Gasteiger partial charge on any atom is 0.0520 e. The summed E-state index contributed by atoms with van der Waals surface area (Å²) >= 11 is 6.22. The summed E-state index contributed by atoms with van der Waals surface area (Å²) in [6.07, 6.45) is 5.14. The second-order valence-electron chi connectivity index (χ2n) is 8.33. The molecule has 0 spiro atoms. The van der Waals surface area contributed by atoms with E-state index in [9.17, 15) is 0 Å². The normalized spacial score (nSPS) is 17.1. The Bertz CT molecular complexity index is 1080. The number of piperazine rings is 1. The van der Waals surface area contributed by atoms with E-state index in [-0.39, 0.29) is 0 Å². The summed E-state index contributed by atoms with van der Waals surface area (Å²) in [7, 11) is 2.20. The highest BCUT2D eigenvalue weighted by Gasteiger charge is 2.18. The van der Waals surface area contributed by atoms with Crippen LogP contribution in [0.1, 0.15) is 22.4 Å². The third-order valence-corrected chi connectivity index (χ3v) is 6.42. The van der Waals surface area contributed by atoms with Crippen LogP contribution in [-0.2, 0) is 13.0 Å². The largest absolute Gasteiger partial charge is 0.304 e. The second kappa shape index (κ2) is 8.35. The van der Waals surface area contributed by atoms with Crippen molar-refractivity contribution in [1.29, 1.82) is 0 Å². The van der Waals surface area contributed by atoms with Crippen molar-refractivity contribution in [3.63, 3.8) is 0 Å². The van der Waals surface area contributed by atoms with Crippen LogP contribution < -0.4 is 0 Å². The van der Waals surface area contributed by atoms with Gasteiger partial charge in [0.15, 0.2) is 0 Å². The van der Waals surface area contributed by atoms with Crippen LogP contribution in [0.4, 0.5) is 0 Å². The Hall–Kier alpha value is -2.46. The molecule has 0 bridgehead atoms. The number of likely N-dealkylation sites (N-methyl/N-ethyl adjacent to an activating group) is 1. The average molecular weight is 416 g/mol. The van der Waals surface area contributed by atoms with Crippen molar-refractivity contribution in [3.8, 4) is 11.1 Å². The zero-order valence-corrected chi connectivity index (χ0v) is 18.1. The maximum atomic E-state index is 6.22. The molecule has 0 amide bonds. The number of pyridine rings is 1. The van der Waals surface area contributed by atoms with Crippen LogP contribution in [0.5, 0.6) is 0 Å². The average Bonchev–Trinajstić information content (AvgIpc) is 3.19. The van der Waals surface area contributed by atoms with E-state index in [4.69, 9.17) is 16.6 Å². The summed E-state index contributed by atoms with van der Waals surface area (Å²) in [6.45, 7) is 5.62. The number of halogens is 1. The summed E-state index contributed by atoms with van der Waals surface area (Å²) in [6, 6.07) is 19.3. The first-order valence-corrected chi connectivity index (χ1v) is 11.0. The first-order valence-electron chi connectivity index (χ1n) is 10.6. The Labute approximate surface area is 183 Å². The van der Waals surface area contributed by atoms with Crippen LogP contribution >= 0.6 is 11.6 Å². The lowest BCUT2D eigenvalue weighted by molar-refractivity contribution is 0.148. The van der Waals surface area contributed by atoms with Gasteiger partial charge in [-0.2, -0.15) is 0 Å². The summed E-state index contributed by atoms with van der Waals surface area (Å²) in [5.74, 6) is 0. The molecule has 1 saturated heterocycles. The molecule has 3 nitrogen and oxygen atoms in total. The second-order valence-corrected chi connectivity index (χ2v) is 8.76. The van der Waals surface area contributed by atoms with Gasteiger partial charge in [-0.05, 0) is 47.5 Å². The summed E-state index contributed by atoms with van der Waals surface area (Å²) in [5, 5.41) is 0.766. The van der Waals surface area contributed by atoms with E-state index in [0.717, 1.165) is 61.0 Å². The van der Waals surface area contributed by atoms with Crippen molar-refractivity contribution in [1.82, 2.24) is 14.8 Å². The molecule has 2 aromatic carbocycles. The van der Waals surface area contributed by atoms with Crippen molar-refractivity contribution < 1.29 is 0 Å². The van der Waals surface area contributed by atoms with E-state index in [1.54, 1.807) is 0 Å². The van der Waals surface area contributed by atoms with Gasteiger partial charge in [-0.1, -0.05) is 54.1 Å². The fourth-order valence-corrected chi connectivity index (χ4v) is 4.54. The minimum Gasteiger partial charge on any atom is -0.304 e. The quantitative estimate of drug-likeness (QED) is 0.588. The number of fused-ring (bicyclic) bond motifs is 1. The molecule has 3 aromatic rings. The van der Waals surface area contributed by atoms with Crippen LogP contribution in [0.2, 0.25) is 5.02 Å². The molecule has 0 saturated carbocycles. The Morgan fingerprint density at radius 1 is 0.900 bits per heavy atom. The van der Waals surface area contributed by atoms with Crippen molar-refractivity contribution in [2.24, 2.45) is 0 Å². The molecule has 30 heavy (non-hydrogen) atoms. The zero-order chi connectivity index (χ0) is 20.5. The molecule has 0 unspecified atom stereocenters. The SMILES string of the molecule is CN1CCN(Cc2ccc(-c3cnc4c(c3)C(c3cccc(Cl)c3)=CC4)cc2)CC1. The van der Waals surface area contributed by atoms with Crippen molar-refractivity contribution >= 4 is 17.2 Å². The van der Waals surface area contributed by atoms with Gasteiger partial charge in [-0.15, -0.1) is 0 Å². The van der Waals surface area contributed by atoms with Gasteiger partial charge in [0.1, 0.15) is 0 Å². The van der Waals surface area contributed by atoms with Crippen molar-refractivity contribution in [2.45, 2.75) is 13.0 Å². The van der Waals surface area contributed by atoms with E-state index in [1.165, 1.54) is 22.3 Å². The summed E-state index contributed by atoms with van der Waals surface area (Å²) < 4.78 is 0. The molecule has 4 heteroatoms. The zero-order valence-electron chi connectivity index (χ0n) is 17.3. The number of rotatable bonds is 4. The number of allylic oxidation sites excluding steroid dienone is 1. The van der Waals surface area contributed by atoms with Gasteiger partial charge in [0.25, 0.3) is 0 Å². The van der Waals surface area contributed by atoms with Crippen LogP contribution in [0.25, 0.3) is 16.7 Å².